The molecule has 0 spiro atoms. The van der Waals surface area contributed by atoms with Crippen LogP contribution >= 0.6 is 0 Å². The van der Waals surface area contributed by atoms with Gasteiger partial charge in [-0.15, -0.1) is 0 Å². The molecule has 0 saturated carbocycles. The van der Waals surface area contributed by atoms with Crippen molar-refractivity contribution in [2.75, 3.05) is 26.8 Å². The molecule has 1 rings (SSSR count). The molecular formula is C11H19NO4. The Morgan fingerprint density at radius 2 is 2.12 bits per heavy atom. The van der Waals surface area contributed by atoms with Crippen LogP contribution in [0.1, 0.15) is 13.8 Å². The normalized spacial score (nSPS) is 26.8. The summed E-state index contributed by atoms with van der Waals surface area (Å²) >= 11 is 0. The second-order valence-electron chi connectivity index (χ2n) is 4.52. The van der Waals surface area contributed by atoms with Crippen LogP contribution in [0.15, 0.2) is 0 Å². The van der Waals surface area contributed by atoms with E-state index in [-0.39, 0.29) is 17.7 Å². The van der Waals surface area contributed by atoms with E-state index in [9.17, 15) is 9.59 Å². The molecule has 5 heteroatoms. The van der Waals surface area contributed by atoms with Gasteiger partial charge in [-0.3, -0.25) is 9.59 Å². The lowest BCUT2D eigenvalue weighted by molar-refractivity contribution is -0.142. The number of carboxylic acid groups (broad SMARTS) is 1. The van der Waals surface area contributed by atoms with Gasteiger partial charge >= 0.3 is 5.97 Å². The fourth-order valence-corrected chi connectivity index (χ4v) is 2.10. The fourth-order valence-electron chi connectivity index (χ4n) is 2.10. The molecule has 0 aromatic rings. The highest BCUT2D eigenvalue weighted by Gasteiger charge is 2.37. The van der Waals surface area contributed by atoms with Crippen LogP contribution in [0, 0.1) is 17.8 Å². The zero-order chi connectivity index (χ0) is 12.3. The molecule has 0 radical (unpaired) electrons. The van der Waals surface area contributed by atoms with Gasteiger partial charge in [0, 0.05) is 20.2 Å². The van der Waals surface area contributed by atoms with Crippen molar-refractivity contribution >= 4 is 11.9 Å². The number of hydrogen-bond acceptors (Lipinski definition) is 3. The maximum Gasteiger partial charge on any atom is 0.308 e. The average molecular weight is 229 g/mol. The van der Waals surface area contributed by atoms with E-state index in [1.54, 1.807) is 18.9 Å². The molecule has 3 atom stereocenters. The van der Waals surface area contributed by atoms with Crippen LogP contribution in [0.3, 0.4) is 0 Å². The van der Waals surface area contributed by atoms with Gasteiger partial charge in [0.25, 0.3) is 0 Å². The first-order valence-corrected chi connectivity index (χ1v) is 5.47. The summed E-state index contributed by atoms with van der Waals surface area (Å²) in [5, 5.41) is 8.96. The predicted octanol–water partition coefficient (Wildman–Crippen LogP) is 0.448. The highest BCUT2D eigenvalue weighted by atomic mass is 16.5. The summed E-state index contributed by atoms with van der Waals surface area (Å²) in [6.45, 7) is 4.90. The first-order valence-electron chi connectivity index (χ1n) is 5.47. The van der Waals surface area contributed by atoms with Gasteiger partial charge in [0.1, 0.15) is 0 Å². The molecule has 5 nitrogen and oxygen atoms in total. The Morgan fingerprint density at radius 1 is 1.50 bits per heavy atom. The van der Waals surface area contributed by atoms with Gasteiger partial charge in [0.2, 0.25) is 5.91 Å². The van der Waals surface area contributed by atoms with Crippen molar-refractivity contribution in [2.24, 2.45) is 17.8 Å². The van der Waals surface area contributed by atoms with Crippen LogP contribution in [0.4, 0.5) is 0 Å². The average Bonchev–Trinajstić information content (AvgIpc) is 2.59. The molecule has 1 amide bonds. The fraction of sp³-hybridized carbons (Fsp3) is 0.818. The summed E-state index contributed by atoms with van der Waals surface area (Å²) in [4.78, 5) is 24.4. The number of likely N-dealkylation sites (tertiary alicyclic amines) is 1. The van der Waals surface area contributed by atoms with E-state index in [4.69, 9.17) is 9.84 Å². The highest BCUT2D eigenvalue weighted by Crippen LogP contribution is 2.24. The highest BCUT2D eigenvalue weighted by molar-refractivity contribution is 5.80. The van der Waals surface area contributed by atoms with Gasteiger partial charge in [-0.1, -0.05) is 13.8 Å². The summed E-state index contributed by atoms with van der Waals surface area (Å²) in [6, 6.07) is 0. The number of nitrogens with zero attached hydrogens (tertiary/aromatic N) is 1. The van der Waals surface area contributed by atoms with E-state index < -0.39 is 11.9 Å². The lowest BCUT2D eigenvalue weighted by Crippen LogP contribution is -2.35. The smallest absolute Gasteiger partial charge is 0.308 e. The summed E-state index contributed by atoms with van der Waals surface area (Å²) < 4.78 is 4.92. The molecule has 1 aliphatic heterocycles. The van der Waals surface area contributed by atoms with E-state index in [1.165, 1.54) is 0 Å². The van der Waals surface area contributed by atoms with Crippen molar-refractivity contribution in [3.8, 4) is 0 Å². The third kappa shape index (κ3) is 2.72. The number of methoxy groups -OCH3 is 1. The largest absolute Gasteiger partial charge is 0.481 e. The zero-order valence-corrected chi connectivity index (χ0v) is 9.97. The van der Waals surface area contributed by atoms with Gasteiger partial charge in [0.05, 0.1) is 18.4 Å². The van der Waals surface area contributed by atoms with Gasteiger partial charge in [-0.2, -0.15) is 0 Å². The number of rotatable bonds is 4. The van der Waals surface area contributed by atoms with Crippen molar-refractivity contribution in [1.29, 1.82) is 0 Å². The van der Waals surface area contributed by atoms with Crippen molar-refractivity contribution in [3.63, 3.8) is 0 Å². The van der Waals surface area contributed by atoms with Crippen LogP contribution < -0.4 is 0 Å². The third-order valence-corrected chi connectivity index (χ3v) is 3.08. The molecule has 1 fully saturated rings. The molecule has 92 valence electrons. The third-order valence-electron chi connectivity index (χ3n) is 3.08. The van der Waals surface area contributed by atoms with Crippen LogP contribution in [-0.4, -0.2) is 48.7 Å². The van der Waals surface area contributed by atoms with E-state index in [1.807, 2.05) is 6.92 Å². The molecule has 1 aliphatic rings. The number of carbonyl (C=O) groups is 2. The lowest BCUT2D eigenvalue weighted by atomic mass is 9.99. The quantitative estimate of drug-likeness (QED) is 0.760. The van der Waals surface area contributed by atoms with E-state index >= 15 is 0 Å². The Bertz CT molecular complexity index is 279. The molecule has 0 aromatic carbocycles. The summed E-state index contributed by atoms with van der Waals surface area (Å²) in [5.74, 6) is -1.45. The number of carbonyl (C=O) groups excluding carboxylic acids is 1. The van der Waals surface area contributed by atoms with Gasteiger partial charge in [-0.25, -0.2) is 0 Å². The second-order valence-corrected chi connectivity index (χ2v) is 4.52. The lowest BCUT2D eigenvalue weighted by Gasteiger charge is -2.20. The maximum absolute atomic E-state index is 11.9. The summed E-state index contributed by atoms with van der Waals surface area (Å²) in [6.07, 6.45) is 0. The Morgan fingerprint density at radius 3 is 2.56 bits per heavy atom. The minimum Gasteiger partial charge on any atom is -0.481 e. The van der Waals surface area contributed by atoms with Crippen molar-refractivity contribution in [2.45, 2.75) is 13.8 Å². The standard InChI is InChI=1S/C11H19NO4/c1-7-4-12(5-9(7)11(14)15)10(13)8(2)6-16-3/h7-9H,4-6H2,1-3H3,(H,14,15)/t7-,8?,9-/m1/s1. The van der Waals surface area contributed by atoms with Gasteiger partial charge in [-0.05, 0) is 5.92 Å². The maximum atomic E-state index is 11.9. The first kappa shape index (κ1) is 13.0. The van der Waals surface area contributed by atoms with Crippen LogP contribution in [0.25, 0.3) is 0 Å². The summed E-state index contributed by atoms with van der Waals surface area (Å²) in [7, 11) is 1.55. The number of ether oxygens (including phenoxy) is 1. The van der Waals surface area contributed by atoms with Crippen molar-refractivity contribution in [1.82, 2.24) is 4.90 Å². The van der Waals surface area contributed by atoms with E-state index in [0.717, 1.165) is 0 Å². The molecule has 16 heavy (non-hydrogen) atoms. The Balaban J connectivity index is 2.58. The van der Waals surface area contributed by atoms with Crippen molar-refractivity contribution in [3.05, 3.63) is 0 Å². The number of hydrogen-bond donors (Lipinski definition) is 1. The first-order chi connectivity index (χ1) is 7.47. The van der Waals surface area contributed by atoms with Gasteiger partial charge < -0.3 is 14.7 Å². The predicted molar refractivity (Wildman–Crippen MR) is 57.9 cm³/mol. The van der Waals surface area contributed by atoms with Crippen molar-refractivity contribution < 1.29 is 19.4 Å². The number of aliphatic carboxylic acids is 1. The molecule has 1 heterocycles. The molecular weight excluding hydrogens is 210 g/mol. The minimum absolute atomic E-state index is 0.0162. The van der Waals surface area contributed by atoms with Crippen LogP contribution in [-0.2, 0) is 14.3 Å². The summed E-state index contributed by atoms with van der Waals surface area (Å²) in [5.41, 5.74) is 0. The minimum atomic E-state index is -0.817. The zero-order valence-electron chi connectivity index (χ0n) is 9.97. The number of carboxylic acids is 1. The second kappa shape index (κ2) is 5.30. The van der Waals surface area contributed by atoms with Crippen LogP contribution in [0.2, 0.25) is 0 Å². The number of amides is 1. The Labute approximate surface area is 95.4 Å². The topological polar surface area (TPSA) is 66.8 Å². The Kier molecular flexibility index (Phi) is 4.29. The molecule has 1 saturated heterocycles. The molecule has 0 bridgehead atoms. The van der Waals surface area contributed by atoms with E-state index in [0.29, 0.717) is 19.7 Å². The molecule has 0 aliphatic carbocycles. The van der Waals surface area contributed by atoms with Crippen LogP contribution in [0.5, 0.6) is 0 Å². The van der Waals surface area contributed by atoms with Gasteiger partial charge in [0.15, 0.2) is 0 Å². The molecule has 1 unspecified atom stereocenters. The molecule has 1 N–H and O–H groups in total. The molecule has 0 aromatic heterocycles. The monoisotopic (exact) mass is 229 g/mol. The van der Waals surface area contributed by atoms with E-state index in [2.05, 4.69) is 0 Å². The SMILES string of the molecule is COCC(C)C(=O)N1C[C@@H](C)[C@H](C(=O)O)C1. The Hall–Kier alpha value is -1.10.